The molecule has 0 spiro atoms. The molecule has 17 heavy (non-hydrogen) atoms. The summed E-state index contributed by atoms with van der Waals surface area (Å²) in [5, 5.41) is 10.1. The maximum Gasteiger partial charge on any atom is 0.153 e. The molecule has 0 saturated heterocycles. The lowest BCUT2D eigenvalue weighted by Gasteiger charge is -2.20. The van der Waals surface area contributed by atoms with Gasteiger partial charge in [0, 0.05) is 11.6 Å². The molecule has 0 radical (unpaired) electrons. The molecule has 3 heteroatoms. The Kier molecular flexibility index (Phi) is 2.43. The molecule has 0 unspecified atom stereocenters. The number of fused-ring (bicyclic) bond motifs is 1. The van der Waals surface area contributed by atoms with Gasteiger partial charge in [-0.25, -0.2) is 0 Å². The van der Waals surface area contributed by atoms with E-state index in [4.69, 9.17) is 10.00 Å². The van der Waals surface area contributed by atoms with E-state index in [2.05, 4.69) is 12.1 Å². The predicted octanol–water partition coefficient (Wildman–Crippen LogP) is 2.99. The van der Waals surface area contributed by atoms with Crippen molar-refractivity contribution in [2.75, 3.05) is 6.61 Å². The summed E-state index contributed by atoms with van der Waals surface area (Å²) in [6.45, 7) is 0.732. The molecule has 0 aliphatic carbocycles. The molecular formula is C14H12N2O. The largest absolute Gasteiger partial charge is 0.354 e. The van der Waals surface area contributed by atoms with Crippen LogP contribution in [0.4, 0.5) is 0 Å². The SMILES string of the molecule is N#Cc1cn([C@@H]2C=CCCO2)c2ccccc12. The van der Waals surface area contributed by atoms with Gasteiger partial charge in [0.15, 0.2) is 6.23 Å². The van der Waals surface area contributed by atoms with Crippen molar-refractivity contribution in [3.05, 3.63) is 48.2 Å². The summed E-state index contributed by atoms with van der Waals surface area (Å²) in [6, 6.07) is 10.1. The highest BCUT2D eigenvalue weighted by atomic mass is 16.5. The van der Waals surface area contributed by atoms with Crippen LogP contribution in [0.2, 0.25) is 0 Å². The smallest absolute Gasteiger partial charge is 0.153 e. The zero-order chi connectivity index (χ0) is 11.7. The minimum absolute atomic E-state index is 0.0873. The minimum atomic E-state index is -0.0873. The normalized spacial score (nSPS) is 19.4. The van der Waals surface area contributed by atoms with Crippen LogP contribution in [-0.2, 0) is 4.74 Å². The Labute approximate surface area is 99.5 Å². The Morgan fingerprint density at radius 2 is 2.24 bits per heavy atom. The van der Waals surface area contributed by atoms with Gasteiger partial charge in [0.25, 0.3) is 0 Å². The van der Waals surface area contributed by atoms with Crippen LogP contribution in [0.25, 0.3) is 10.9 Å². The third-order valence-corrected chi connectivity index (χ3v) is 3.01. The molecule has 2 heterocycles. The first-order chi connectivity index (χ1) is 8.40. The zero-order valence-corrected chi connectivity index (χ0v) is 9.34. The van der Waals surface area contributed by atoms with Crippen LogP contribution in [0.5, 0.6) is 0 Å². The Balaban J connectivity index is 2.19. The molecule has 0 saturated carbocycles. The number of hydrogen-bond acceptors (Lipinski definition) is 2. The van der Waals surface area contributed by atoms with Gasteiger partial charge >= 0.3 is 0 Å². The highest BCUT2D eigenvalue weighted by molar-refractivity contribution is 5.86. The van der Waals surface area contributed by atoms with Gasteiger partial charge in [-0.3, -0.25) is 0 Å². The molecular weight excluding hydrogens is 212 g/mol. The first-order valence-corrected chi connectivity index (χ1v) is 5.68. The summed E-state index contributed by atoms with van der Waals surface area (Å²) < 4.78 is 7.71. The van der Waals surface area contributed by atoms with Crippen LogP contribution in [0.1, 0.15) is 18.2 Å². The summed E-state index contributed by atoms with van der Waals surface area (Å²) in [5.41, 5.74) is 1.74. The van der Waals surface area contributed by atoms with Crippen molar-refractivity contribution in [1.82, 2.24) is 4.57 Å². The van der Waals surface area contributed by atoms with E-state index in [1.165, 1.54) is 0 Å². The number of nitriles is 1. The summed E-state index contributed by atoms with van der Waals surface area (Å²) in [5.74, 6) is 0. The van der Waals surface area contributed by atoms with Gasteiger partial charge in [-0.05, 0) is 18.6 Å². The Bertz CT molecular complexity index is 619. The number of hydrogen-bond donors (Lipinski definition) is 0. The topological polar surface area (TPSA) is 38.0 Å². The second kappa shape index (κ2) is 4.08. The van der Waals surface area contributed by atoms with Crippen molar-refractivity contribution in [2.45, 2.75) is 12.6 Å². The molecule has 1 aliphatic rings. The fraction of sp³-hybridized carbons (Fsp3) is 0.214. The van der Waals surface area contributed by atoms with E-state index in [-0.39, 0.29) is 6.23 Å². The molecule has 3 nitrogen and oxygen atoms in total. The van der Waals surface area contributed by atoms with E-state index < -0.39 is 0 Å². The van der Waals surface area contributed by atoms with Crippen LogP contribution in [0, 0.1) is 11.3 Å². The number of nitrogens with zero attached hydrogens (tertiary/aromatic N) is 2. The van der Waals surface area contributed by atoms with Crippen LogP contribution in [0.15, 0.2) is 42.6 Å². The van der Waals surface area contributed by atoms with E-state index in [9.17, 15) is 0 Å². The molecule has 1 aliphatic heterocycles. The van der Waals surface area contributed by atoms with Crippen LogP contribution in [-0.4, -0.2) is 11.2 Å². The van der Waals surface area contributed by atoms with E-state index in [0.717, 1.165) is 23.9 Å². The molecule has 0 amide bonds. The summed E-state index contributed by atoms with van der Waals surface area (Å²) in [6.07, 6.45) is 6.90. The number of ether oxygens (including phenoxy) is 1. The van der Waals surface area contributed by atoms with Gasteiger partial charge in [0.1, 0.15) is 6.07 Å². The van der Waals surface area contributed by atoms with Gasteiger partial charge < -0.3 is 9.30 Å². The standard InChI is InChI=1S/C14H12N2O/c15-9-11-10-16(14-7-3-4-8-17-14)13-6-2-1-5-12(11)13/h1-3,5-7,10,14H,4,8H2/t14-/m0/s1. The number of aromatic nitrogens is 1. The maximum absolute atomic E-state index is 9.13. The van der Waals surface area contributed by atoms with Crippen LogP contribution >= 0.6 is 0 Å². The molecule has 3 rings (SSSR count). The minimum Gasteiger partial charge on any atom is -0.354 e. The lowest BCUT2D eigenvalue weighted by atomic mass is 10.2. The first kappa shape index (κ1) is 10.1. The van der Waals surface area contributed by atoms with Gasteiger partial charge in [0.2, 0.25) is 0 Å². The summed E-state index contributed by atoms with van der Waals surface area (Å²) in [7, 11) is 0. The molecule has 1 aromatic carbocycles. The zero-order valence-electron chi connectivity index (χ0n) is 9.34. The monoisotopic (exact) mass is 224 g/mol. The molecule has 0 fully saturated rings. The van der Waals surface area contributed by atoms with Crippen molar-refractivity contribution < 1.29 is 4.74 Å². The van der Waals surface area contributed by atoms with E-state index >= 15 is 0 Å². The Hall–Kier alpha value is -2.05. The molecule has 2 aromatic rings. The fourth-order valence-corrected chi connectivity index (χ4v) is 2.20. The van der Waals surface area contributed by atoms with Gasteiger partial charge in [0.05, 0.1) is 17.7 Å². The second-order valence-corrected chi connectivity index (χ2v) is 4.06. The van der Waals surface area contributed by atoms with Crippen LogP contribution in [0.3, 0.4) is 0 Å². The Morgan fingerprint density at radius 1 is 1.35 bits per heavy atom. The summed E-state index contributed by atoms with van der Waals surface area (Å²) >= 11 is 0. The lowest BCUT2D eigenvalue weighted by Crippen LogP contribution is -2.13. The van der Waals surface area contributed by atoms with E-state index in [0.29, 0.717) is 5.56 Å². The molecule has 0 N–H and O–H groups in total. The quantitative estimate of drug-likeness (QED) is 0.698. The average Bonchev–Trinajstić information content (AvgIpc) is 2.78. The Morgan fingerprint density at radius 3 is 3.00 bits per heavy atom. The van der Waals surface area contributed by atoms with Gasteiger partial charge in [-0.2, -0.15) is 5.26 Å². The highest BCUT2D eigenvalue weighted by Crippen LogP contribution is 2.26. The summed E-state index contributed by atoms with van der Waals surface area (Å²) in [4.78, 5) is 0. The van der Waals surface area contributed by atoms with E-state index in [1.807, 2.05) is 41.1 Å². The molecule has 0 bridgehead atoms. The maximum atomic E-state index is 9.13. The van der Waals surface area contributed by atoms with Crippen molar-refractivity contribution in [1.29, 1.82) is 5.26 Å². The van der Waals surface area contributed by atoms with E-state index in [1.54, 1.807) is 0 Å². The number of benzene rings is 1. The first-order valence-electron chi connectivity index (χ1n) is 5.68. The molecule has 1 aromatic heterocycles. The lowest BCUT2D eigenvalue weighted by molar-refractivity contribution is 0.0351. The third-order valence-electron chi connectivity index (χ3n) is 3.01. The average molecular weight is 224 g/mol. The predicted molar refractivity (Wildman–Crippen MR) is 65.4 cm³/mol. The van der Waals surface area contributed by atoms with Crippen molar-refractivity contribution >= 4 is 10.9 Å². The second-order valence-electron chi connectivity index (χ2n) is 4.06. The van der Waals surface area contributed by atoms with Crippen molar-refractivity contribution in [2.24, 2.45) is 0 Å². The third kappa shape index (κ3) is 1.63. The van der Waals surface area contributed by atoms with Gasteiger partial charge in [-0.15, -0.1) is 0 Å². The van der Waals surface area contributed by atoms with Gasteiger partial charge in [-0.1, -0.05) is 24.3 Å². The fourth-order valence-electron chi connectivity index (χ4n) is 2.20. The molecule has 84 valence electrons. The molecule has 1 atom stereocenters. The van der Waals surface area contributed by atoms with Crippen molar-refractivity contribution in [3.8, 4) is 6.07 Å². The van der Waals surface area contributed by atoms with Crippen molar-refractivity contribution in [3.63, 3.8) is 0 Å². The number of rotatable bonds is 1. The van der Waals surface area contributed by atoms with Crippen LogP contribution < -0.4 is 0 Å². The highest BCUT2D eigenvalue weighted by Gasteiger charge is 2.15. The number of para-hydroxylation sites is 1.